The molecule has 0 saturated heterocycles. The summed E-state index contributed by atoms with van der Waals surface area (Å²) >= 11 is 3.45. The number of rotatable bonds is 10. The molecule has 3 aromatic rings. The second-order valence-electron chi connectivity index (χ2n) is 8.95. The van der Waals surface area contributed by atoms with Gasteiger partial charge in [0.05, 0.1) is 5.56 Å². The van der Waals surface area contributed by atoms with Crippen molar-refractivity contribution in [3.05, 3.63) is 100 Å². The highest BCUT2D eigenvalue weighted by molar-refractivity contribution is 9.10. The lowest BCUT2D eigenvalue weighted by Crippen LogP contribution is -2.49. The van der Waals surface area contributed by atoms with Gasteiger partial charge in [-0.3, -0.25) is 14.4 Å². The van der Waals surface area contributed by atoms with Gasteiger partial charge in [-0.1, -0.05) is 70.5 Å². The summed E-state index contributed by atoms with van der Waals surface area (Å²) in [7, 11) is -2.42. The predicted molar refractivity (Wildman–Crippen MR) is 147 cm³/mol. The van der Waals surface area contributed by atoms with Crippen LogP contribution in [-0.4, -0.2) is 55.0 Å². The van der Waals surface area contributed by atoms with Crippen LogP contribution in [-0.2, 0) is 32.6 Å². The Labute approximate surface area is 230 Å². The van der Waals surface area contributed by atoms with E-state index in [-0.39, 0.29) is 48.2 Å². The third-order valence-corrected chi connectivity index (χ3v) is 8.76. The van der Waals surface area contributed by atoms with E-state index in [1.54, 1.807) is 12.1 Å². The number of carbonyl (C=O) groups excluding carboxylic acids is 3. The smallest absolute Gasteiger partial charge is 0.269 e. The molecule has 1 aliphatic heterocycles. The van der Waals surface area contributed by atoms with Crippen LogP contribution < -0.4 is 5.32 Å². The van der Waals surface area contributed by atoms with E-state index in [4.69, 9.17) is 0 Å². The molecule has 4 rings (SSSR count). The molecule has 0 aliphatic carbocycles. The fourth-order valence-electron chi connectivity index (χ4n) is 4.52. The summed E-state index contributed by atoms with van der Waals surface area (Å²) in [5, 5.41) is 2.67. The second-order valence-corrected chi connectivity index (χ2v) is 11.7. The molecule has 0 aromatic heterocycles. The van der Waals surface area contributed by atoms with Crippen LogP contribution in [0.4, 0.5) is 0 Å². The first kappa shape index (κ1) is 27.5. The van der Waals surface area contributed by atoms with Crippen molar-refractivity contribution in [3.8, 4) is 0 Å². The Morgan fingerprint density at radius 2 is 1.66 bits per heavy atom. The minimum atomic E-state index is -3.95. The molecule has 0 radical (unpaired) electrons. The molecule has 1 heterocycles. The lowest BCUT2D eigenvalue weighted by molar-refractivity contribution is -0.141. The van der Waals surface area contributed by atoms with E-state index < -0.39 is 22.0 Å². The Hall–Kier alpha value is -3.50. The molecule has 10 heteroatoms. The van der Waals surface area contributed by atoms with Crippen LogP contribution in [0.15, 0.2) is 88.2 Å². The molecule has 1 N–H and O–H groups in total. The highest BCUT2D eigenvalue weighted by atomic mass is 79.9. The van der Waals surface area contributed by atoms with Gasteiger partial charge in [-0.2, -0.15) is 0 Å². The molecule has 0 saturated carbocycles. The monoisotopic (exact) mass is 597 g/mol. The van der Waals surface area contributed by atoms with E-state index in [0.717, 1.165) is 19.9 Å². The molecule has 198 valence electrons. The Morgan fingerprint density at radius 3 is 2.34 bits per heavy atom. The Balaban J connectivity index is 1.54. The zero-order valence-electron chi connectivity index (χ0n) is 20.8. The van der Waals surface area contributed by atoms with Crippen molar-refractivity contribution in [3.63, 3.8) is 0 Å². The molecule has 1 aliphatic rings. The van der Waals surface area contributed by atoms with Crippen LogP contribution in [0.5, 0.6) is 0 Å². The minimum Gasteiger partial charge on any atom is -0.357 e. The number of halogens is 1. The first-order valence-corrected chi connectivity index (χ1v) is 14.4. The molecule has 3 aromatic carbocycles. The van der Waals surface area contributed by atoms with E-state index in [2.05, 4.69) is 21.2 Å². The Bertz CT molecular complexity index is 1450. The number of hydrogen-bond donors (Lipinski definition) is 1. The Morgan fingerprint density at radius 1 is 0.974 bits per heavy atom. The van der Waals surface area contributed by atoms with Crippen LogP contribution in [0.2, 0.25) is 0 Å². The summed E-state index contributed by atoms with van der Waals surface area (Å²) in [6, 6.07) is 22.2. The first-order valence-electron chi connectivity index (χ1n) is 12.2. The maximum absolute atomic E-state index is 13.6. The van der Waals surface area contributed by atoms with E-state index in [1.807, 2.05) is 54.6 Å². The molecule has 0 spiro atoms. The van der Waals surface area contributed by atoms with Gasteiger partial charge in [0.15, 0.2) is 0 Å². The van der Waals surface area contributed by atoms with Crippen molar-refractivity contribution < 1.29 is 22.8 Å². The number of carbonyl (C=O) groups is 3. The van der Waals surface area contributed by atoms with Gasteiger partial charge in [-0.15, -0.1) is 0 Å². The van der Waals surface area contributed by atoms with E-state index in [9.17, 15) is 22.8 Å². The van der Waals surface area contributed by atoms with Gasteiger partial charge in [-0.25, -0.2) is 12.7 Å². The summed E-state index contributed by atoms with van der Waals surface area (Å²) in [5.74, 6) is -1.20. The Kier molecular flexibility index (Phi) is 8.63. The van der Waals surface area contributed by atoms with E-state index in [1.165, 1.54) is 24.1 Å². The summed E-state index contributed by atoms with van der Waals surface area (Å²) in [5.41, 5.74) is 1.87. The second kappa shape index (κ2) is 11.9. The standard InChI is InChI=1S/C28H28BrN3O5S/c1-30-27(34)24(18-20-9-3-2-4-10-20)31(19-21-11-7-12-22(29)17-21)26(33)15-8-16-32-28(35)23-13-5-6-14-25(23)38(32,36)37/h2-7,9-14,17,24H,8,15-16,18-19H2,1H3,(H,30,34)/t24-/m1/s1. The largest absolute Gasteiger partial charge is 0.357 e. The highest BCUT2D eigenvalue weighted by Crippen LogP contribution is 2.30. The number of nitrogens with one attached hydrogen (secondary N) is 1. The van der Waals surface area contributed by atoms with Crippen LogP contribution in [0.25, 0.3) is 0 Å². The van der Waals surface area contributed by atoms with Crippen molar-refractivity contribution in [2.24, 2.45) is 0 Å². The van der Waals surface area contributed by atoms with Gasteiger partial charge in [-0.05, 0) is 41.8 Å². The summed E-state index contributed by atoms with van der Waals surface area (Å²) in [6.45, 7) is 0.0607. The normalized spacial score (nSPS) is 14.6. The van der Waals surface area contributed by atoms with Crippen molar-refractivity contribution in [2.75, 3.05) is 13.6 Å². The third kappa shape index (κ3) is 5.97. The van der Waals surface area contributed by atoms with Gasteiger partial charge >= 0.3 is 0 Å². The van der Waals surface area contributed by atoms with Gasteiger partial charge in [0.2, 0.25) is 11.8 Å². The highest BCUT2D eigenvalue weighted by Gasteiger charge is 2.40. The topological polar surface area (TPSA) is 104 Å². The number of fused-ring (bicyclic) bond motifs is 1. The maximum Gasteiger partial charge on any atom is 0.269 e. The van der Waals surface area contributed by atoms with Crippen LogP contribution in [0, 0.1) is 0 Å². The molecule has 8 nitrogen and oxygen atoms in total. The lowest BCUT2D eigenvalue weighted by atomic mass is 10.0. The van der Waals surface area contributed by atoms with Crippen molar-refractivity contribution in [2.45, 2.75) is 36.7 Å². The van der Waals surface area contributed by atoms with Crippen molar-refractivity contribution in [1.82, 2.24) is 14.5 Å². The molecule has 1 atom stereocenters. The molecular weight excluding hydrogens is 570 g/mol. The number of amides is 3. The summed E-state index contributed by atoms with van der Waals surface area (Å²) < 4.78 is 27.4. The average molecular weight is 599 g/mol. The van der Waals surface area contributed by atoms with Crippen LogP contribution in [0.1, 0.15) is 34.3 Å². The van der Waals surface area contributed by atoms with Crippen molar-refractivity contribution in [1.29, 1.82) is 0 Å². The molecule has 0 fully saturated rings. The van der Waals surface area contributed by atoms with Crippen LogP contribution in [0.3, 0.4) is 0 Å². The zero-order valence-corrected chi connectivity index (χ0v) is 23.2. The van der Waals surface area contributed by atoms with E-state index >= 15 is 0 Å². The van der Waals surface area contributed by atoms with Gasteiger partial charge in [0, 0.05) is 37.5 Å². The van der Waals surface area contributed by atoms with Crippen molar-refractivity contribution >= 4 is 43.7 Å². The number of benzene rings is 3. The van der Waals surface area contributed by atoms with Gasteiger partial charge in [0.1, 0.15) is 10.9 Å². The minimum absolute atomic E-state index is 0.0184. The van der Waals surface area contributed by atoms with Gasteiger partial charge < -0.3 is 10.2 Å². The third-order valence-electron chi connectivity index (χ3n) is 6.42. The number of sulfonamides is 1. The molecule has 3 amide bonds. The number of likely N-dealkylation sites (N-methyl/N-ethyl adjacent to an activating group) is 1. The summed E-state index contributed by atoms with van der Waals surface area (Å²) in [4.78, 5) is 40.9. The van der Waals surface area contributed by atoms with E-state index in [0.29, 0.717) is 6.42 Å². The molecule has 0 unspecified atom stereocenters. The number of nitrogens with zero attached hydrogens (tertiary/aromatic N) is 2. The lowest BCUT2D eigenvalue weighted by Gasteiger charge is -2.31. The average Bonchev–Trinajstić information content (AvgIpc) is 3.11. The fourth-order valence-corrected chi connectivity index (χ4v) is 6.58. The first-order chi connectivity index (χ1) is 18.2. The molecule has 38 heavy (non-hydrogen) atoms. The van der Waals surface area contributed by atoms with Gasteiger partial charge in [0.25, 0.3) is 15.9 Å². The fraction of sp³-hybridized carbons (Fsp3) is 0.250. The molecular formula is C28H28BrN3O5S. The zero-order chi connectivity index (χ0) is 27.3. The van der Waals surface area contributed by atoms with Crippen LogP contribution >= 0.6 is 15.9 Å². The maximum atomic E-state index is 13.6. The molecule has 0 bridgehead atoms. The SMILES string of the molecule is CNC(=O)[C@@H](Cc1ccccc1)N(Cc1cccc(Br)c1)C(=O)CCCN1C(=O)c2ccccc2S1(=O)=O. The number of hydrogen-bond acceptors (Lipinski definition) is 5. The predicted octanol–water partition coefficient (Wildman–Crippen LogP) is 3.76. The quantitative estimate of drug-likeness (QED) is 0.383. The summed E-state index contributed by atoms with van der Waals surface area (Å²) in [6.07, 6.45) is 0.402.